The van der Waals surface area contributed by atoms with Crippen LogP contribution < -0.4 is 25.3 Å². The standard InChI is InChI=1S/C33H37F4N7O3/c1-3-31(45)41-24-17-25(28(46-2)18-27(24)43-12-7-21(8-13-43)42-14-10-33(36,37)11-15-42)40-29-19-30(39-20-38-29)44-26(9-16-47-44)22-5-4-6-23(34)32(22)35/h3-6,17-21,26H,1,7-16H2,2H3,(H,41,45)(H,38,39,40)/t26-/m1/s1. The first-order chi connectivity index (χ1) is 22.7. The molecule has 3 aromatic rings. The number of hydrogen-bond acceptors (Lipinski definition) is 9. The van der Waals surface area contributed by atoms with E-state index in [1.807, 2.05) is 6.07 Å². The second-order valence-electron chi connectivity index (χ2n) is 11.9. The molecule has 1 amide bonds. The number of benzene rings is 2. The van der Waals surface area contributed by atoms with Gasteiger partial charge in [0.25, 0.3) is 5.92 Å². The van der Waals surface area contributed by atoms with Gasteiger partial charge in [0.15, 0.2) is 17.5 Å². The number of anilines is 5. The number of halogens is 4. The van der Waals surface area contributed by atoms with Crippen LogP contribution in [0.4, 0.5) is 46.3 Å². The van der Waals surface area contributed by atoms with Crippen LogP contribution in [0.1, 0.15) is 43.7 Å². The van der Waals surface area contributed by atoms with Crippen molar-refractivity contribution in [3.8, 4) is 5.75 Å². The summed E-state index contributed by atoms with van der Waals surface area (Å²) in [5, 5.41) is 7.56. The summed E-state index contributed by atoms with van der Waals surface area (Å²) < 4.78 is 61.8. The highest BCUT2D eigenvalue weighted by Crippen LogP contribution is 2.41. The fourth-order valence-electron chi connectivity index (χ4n) is 6.50. The Labute approximate surface area is 270 Å². The first kappa shape index (κ1) is 32.5. The van der Waals surface area contributed by atoms with Gasteiger partial charge in [0, 0.05) is 69.2 Å². The van der Waals surface area contributed by atoms with Crippen LogP contribution in [0.15, 0.2) is 55.4 Å². The zero-order chi connectivity index (χ0) is 33.1. The molecule has 0 aliphatic carbocycles. The first-order valence-corrected chi connectivity index (χ1v) is 15.6. The normalized spacial score (nSPS) is 20.2. The van der Waals surface area contributed by atoms with Crippen molar-refractivity contribution in [2.75, 3.05) is 60.5 Å². The number of alkyl halides is 2. The fourth-order valence-corrected chi connectivity index (χ4v) is 6.50. The molecule has 0 saturated carbocycles. The molecule has 3 saturated heterocycles. The highest BCUT2D eigenvalue weighted by molar-refractivity contribution is 6.02. The molecule has 2 N–H and O–H groups in total. The maximum absolute atomic E-state index is 14.7. The third kappa shape index (κ3) is 7.13. The molecule has 0 spiro atoms. The van der Waals surface area contributed by atoms with Gasteiger partial charge in [0.1, 0.15) is 17.9 Å². The predicted octanol–water partition coefficient (Wildman–Crippen LogP) is 6.21. The Kier molecular flexibility index (Phi) is 9.50. The van der Waals surface area contributed by atoms with E-state index in [4.69, 9.17) is 9.57 Å². The summed E-state index contributed by atoms with van der Waals surface area (Å²) in [5.41, 5.74) is 1.93. The van der Waals surface area contributed by atoms with Gasteiger partial charge in [-0.25, -0.2) is 32.6 Å². The number of methoxy groups -OCH3 is 1. The molecule has 10 nitrogen and oxygen atoms in total. The van der Waals surface area contributed by atoms with Crippen LogP contribution in [0.5, 0.6) is 5.75 Å². The van der Waals surface area contributed by atoms with E-state index in [0.717, 1.165) is 24.6 Å². The van der Waals surface area contributed by atoms with Crippen LogP contribution in [-0.2, 0) is 9.63 Å². The van der Waals surface area contributed by atoms with E-state index in [1.165, 1.54) is 36.7 Å². The minimum absolute atomic E-state index is 0.109. The SMILES string of the molecule is C=CC(=O)Nc1cc(Nc2cc(N3OCC[C@@H]3c3cccc(F)c3F)ncn2)c(OC)cc1N1CCC(N2CCC(F)(F)CC2)CC1. The van der Waals surface area contributed by atoms with Crippen molar-refractivity contribution in [3.63, 3.8) is 0 Å². The Hall–Kier alpha value is -4.43. The van der Waals surface area contributed by atoms with Crippen LogP contribution in [0.2, 0.25) is 0 Å². The topological polar surface area (TPSA) is 95.1 Å². The Bertz CT molecular complexity index is 1610. The van der Waals surface area contributed by atoms with E-state index >= 15 is 0 Å². The highest BCUT2D eigenvalue weighted by Gasteiger charge is 2.37. The number of nitrogens with one attached hydrogen (secondary N) is 2. The van der Waals surface area contributed by atoms with Crippen LogP contribution in [0, 0.1) is 11.6 Å². The summed E-state index contributed by atoms with van der Waals surface area (Å²) in [6.45, 7) is 5.99. The zero-order valence-corrected chi connectivity index (χ0v) is 26.0. The quantitative estimate of drug-likeness (QED) is 0.206. The molecule has 3 aliphatic rings. The Balaban J connectivity index is 1.22. The third-order valence-corrected chi connectivity index (χ3v) is 9.00. The highest BCUT2D eigenvalue weighted by atomic mass is 19.3. The number of likely N-dealkylation sites (tertiary alicyclic amines) is 1. The number of amides is 1. The average Bonchev–Trinajstić information content (AvgIpc) is 3.56. The second kappa shape index (κ2) is 13.7. The molecule has 1 atom stereocenters. The van der Waals surface area contributed by atoms with Crippen LogP contribution in [-0.4, -0.2) is 72.6 Å². The van der Waals surface area contributed by atoms with Gasteiger partial charge < -0.3 is 20.3 Å². The Morgan fingerprint density at radius 1 is 1.06 bits per heavy atom. The van der Waals surface area contributed by atoms with E-state index in [2.05, 4.69) is 37.0 Å². The van der Waals surface area contributed by atoms with Crippen molar-refractivity contribution in [1.29, 1.82) is 0 Å². The summed E-state index contributed by atoms with van der Waals surface area (Å²) in [7, 11) is 1.53. The monoisotopic (exact) mass is 655 g/mol. The summed E-state index contributed by atoms with van der Waals surface area (Å²) in [5.74, 6) is -3.66. The minimum atomic E-state index is -2.58. The number of aromatic nitrogens is 2. The van der Waals surface area contributed by atoms with Gasteiger partial charge in [-0.2, -0.15) is 0 Å². The van der Waals surface area contributed by atoms with Gasteiger partial charge in [-0.1, -0.05) is 18.7 Å². The number of rotatable bonds is 9. The molecule has 6 rings (SSSR count). The summed E-state index contributed by atoms with van der Waals surface area (Å²) in [6.07, 6.45) is 4.32. The van der Waals surface area contributed by atoms with Crippen molar-refractivity contribution >= 4 is 34.6 Å². The summed E-state index contributed by atoms with van der Waals surface area (Å²) >= 11 is 0. The number of carbonyl (C=O) groups excluding carboxylic acids is 1. The molecule has 2 aromatic carbocycles. The molecule has 3 aliphatic heterocycles. The van der Waals surface area contributed by atoms with E-state index in [1.54, 1.807) is 12.1 Å². The van der Waals surface area contributed by atoms with E-state index in [-0.39, 0.29) is 24.4 Å². The summed E-state index contributed by atoms with van der Waals surface area (Å²) in [6, 6.07) is 8.86. The maximum atomic E-state index is 14.7. The van der Waals surface area contributed by atoms with Gasteiger partial charge in [0.2, 0.25) is 5.91 Å². The van der Waals surface area contributed by atoms with Crippen molar-refractivity contribution in [2.45, 2.75) is 50.1 Å². The van der Waals surface area contributed by atoms with E-state index < -0.39 is 29.5 Å². The number of ether oxygens (including phenoxy) is 1. The van der Waals surface area contributed by atoms with Crippen LogP contribution >= 0.6 is 0 Å². The Morgan fingerprint density at radius 3 is 2.55 bits per heavy atom. The molecule has 0 radical (unpaired) electrons. The predicted molar refractivity (Wildman–Crippen MR) is 170 cm³/mol. The summed E-state index contributed by atoms with van der Waals surface area (Å²) in [4.78, 5) is 31.2. The lowest BCUT2D eigenvalue weighted by molar-refractivity contribution is -0.111. The molecule has 250 valence electrons. The molecule has 3 fully saturated rings. The molecular weight excluding hydrogens is 618 g/mol. The molecular formula is C33H37F4N7O3. The lowest BCUT2D eigenvalue weighted by Crippen LogP contribution is -2.49. The van der Waals surface area contributed by atoms with Crippen molar-refractivity contribution in [2.24, 2.45) is 0 Å². The fraction of sp³-hybridized carbons (Fsp3) is 0.424. The maximum Gasteiger partial charge on any atom is 0.250 e. The van der Waals surface area contributed by atoms with Gasteiger partial charge in [-0.3, -0.25) is 14.5 Å². The lowest BCUT2D eigenvalue weighted by Gasteiger charge is -2.42. The van der Waals surface area contributed by atoms with Gasteiger partial charge in [0.05, 0.1) is 36.8 Å². The molecule has 0 unspecified atom stereocenters. The number of hydroxylamine groups is 1. The van der Waals surface area contributed by atoms with Crippen molar-refractivity contribution in [1.82, 2.24) is 14.9 Å². The molecule has 1 aromatic heterocycles. The first-order valence-electron chi connectivity index (χ1n) is 15.6. The lowest BCUT2D eigenvalue weighted by atomic mass is 9.98. The largest absolute Gasteiger partial charge is 0.494 e. The molecule has 4 heterocycles. The number of nitrogens with zero attached hydrogens (tertiary/aromatic N) is 5. The number of hydrogen-bond donors (Lipinski definition) is 2. The molecule has 47 heavy (non-hydrogen) atoms. The Morgan fingerprint density at radius 2 is 1.83 bits per heavy atom. The van der Waals surface area contributed by atoms with Crippen LogP contribution in [0.25, 0.3) is 0 Å². The van der Waals surface area contributed by atoms with Crippen molar-refractivity contribution < 1.29 is 31.9 Å². The average molecular weight is 656 g/mol. The number of piperidine rings is 2. The van der Waals surface area contributed by atoms with Crippen LogP contribution in [0.3, 0.4) is 0 Å². The van der Waals surface area contributed by atoms with E-state index in [0.29, 0.717) is 68.0 Å². The smallest absolute Gasteiger partial charge is 0.250 e. The van der Waals surface area contributed by atoms with Crippen molar-refractivity contribution in [3.05, 3.63) is 72.6 Å². The zero-order valence-electron chi connectivity index (χ0n) is 26.0. The van der Waals surface area contributed by atoms with E-state index in [9.17, 15) is 22.4 Å². The third-order valence-electron chi connectivity index (χ3n) is 9.00. The van der Waals surface area contributed by atoms with Gasteiger partial charge in [-0.05, 0) is 31.1 Å². The minimum Gasteiger partial charge on any atom is -0.494 e. The molecule has 14 heteroatoms. The van der Waals surface area contributed by atoms with Gasteiger partial charge >= 0.3 is 0 Å². The second-order valence-corrected chi connectivity index (χ2v) is 11.9. The molecule has 0 bridgehead atoms. The van der Waals surface area contributed by atoms with Gasteiger partial charge in [-0.15, -0.1) is 0 Å². The number of carbonyl (C=O) groups is 1.